The minimum absolute atomic E-state index is 0.161. The van der Waals surface area contributed by atoms with Crippen molar-refractivity contribution in [2.24, 2.45) is 0 Å². The number of methoxy groups -OCH3 is 2. The van der Waals surface area contributed by atoms with E-state index < -0.39 is 0 Å². The van der Waals surface area contributed by atoms with Gasteiger partial charge in [-0.15, -0.1) is 0 Å². The largest absolute Gasteiger partial charge is 0.493 e. The first-order valence-corrected chi connectivity index (χ1v) is 5.07. The SMILES string of the molecule is CNCC(=O)c1cc(C=O)cc(OC)c1OC. The van der Waals surface area contributed by atoms with Crippen molar-refractivity contribution in [1.29, 1.82) is 0 Å². The van der Waals surface area contributed by atoms with E-state index in [1.54, 1.807) is 7.05 Å². The lowest BCUT2D eigenvalue weighted by Crippen LogP contribution is -2.19. The number of aldehydes is 1. The molecular formula is C12H15NO4. The topological polar surface area (TPSA) is 64.6 Å². The standard InChI is InChI=1S/C12H15NO4/c1-13-6-10(15)9-4-8(7-14)5-11(16-2)12(9)17-3/h4-5,7,13H,6H2,1-3H3. The molecule has 0 atom stereocenters. The number of likely N-dealkylation sites (N-methyl/N-ethyl adjacent to an activating group) is 1. The van der Waals surface area contributed by atoms with Crippen molar-refractivity contribution < 1.29 is 19.1 Å². The van der Waals surface area contributed by atoms with Crippen LogP contribution < -0.4 is 14.8 Å². The number of carbonyl (C=O) groups excluding carboxylic acids is 2. The van der Waals surface area contributed by atoms with Crippen LogP contribution in [0.4, 0.5) is 0 Å². The molecule has 1 rings (SSSR count). The molecule has 1 aromatic carbocycles. The van der Waals surface area contributed by atoms with Gasteiger partial charge in [0.1, 0.15) is 6.29 Å². The Hall–Kier alpha value is -1.88. The number of Topliss-reactive ketones (excluding diaryl/α,β-unsaturated/α-hetero) is 1. The Kier molecular flexibility index (Phi) is 4.66. The molecule has 1 N–H and O–H groups in total. The van der Waals surface area contributed by atoms with Crippen LogP contribution in [-0.4, -0.2) is 39.9 Å². The highest BCUT2D eigenvalue weighted by Crippen LogP contribution is 2.32. The fourth-order valence-corrected chi connectivity index (χ4v) is 1.52. The molecule has 0 bridgehead atoms. The van der Waals surface area contributed by atoms with E-state index in [4.69, 9.17) is 9.47 Å². The second-order valence-corrected chi connectivity index (χ2v) is 3.38. The summed E-state index contributed by atoms with van der Waals surface area (Å²) in [5.74, 6) is 0.557. The molecule has 0 aromatic heterocycles. The van der Waals surface area contributed by atoms with E-state index in [-0.39, 0.29) is 12.3 Å². The molecule has 0 amide bonds. The monoisotopic (exact) mass is 237 g/mol. The quantitative estimate of drug-likeness (QED) is 0.588. The number of ketones is 1. The molecule has 0 heterocycles. The summed E-state index contributed by atoms with van der Waals surface area (Å²) in [7, 11) is 4.58. The predicted molar refractivity (Wildman–Crippen MR) is 63.2 cm³/mol. The third-order valence-corrected chi connectivity index (χ3v) is 2.28. The highest BCUT2D eigenvalue weighted by Gasteiger charge is 2.17. The Balaban J connectivity index is 3.33. The third kappa shape index (κ3) is 2.82. The van der Waals surface area contributed by atoms with Crippen LogP contribution >= 0.6 is 0 Å². The summed E-state index contributed by atoms with van der Waals surface area (Å²) in [5.41, 5.74) is 0.713. The van der Waals surface area contributed by atoms with Crippen molar-refractivity contribution in [3.8, 4) is 11.5 Å². The van der Waals surface area contributed by atoms with Crippen molar-refractivity contribution in [3.63, 3.8) is 0 Å². The predicted octanol–water partition coefficient (Wildman–Crippen LogP) is 0.918. The molecule has 17 heavy (non-hydrogen) atoms. The van der Waals surface area contributed by atoms with Gasteiger partial charge in [0.2, 0.25) is 0 Å². The fraction of sp³-hybridized carbons (Fsp3) is 0.333. The maximum Gasteiger partial charge on any atom is 0.180 e. The van der Waals surface area contributed by atoms with Gasteiger partial charge in [-0.3, -0.25) is 9.59 Å². The fourth-order valence-electron chi connectivity index (χ4n) is 1.52. The first-order chi connectivity index (χ1) is 8.17. The van der Waals surface area contributed by atoms with Crippen LogP contribution in [0.3, 0.4) is 0 Å². The van der Waals surface area contributed by atoms with E-state index in [0.29, 0.717) is 28.9 Å². The number of rotatable bonds is 6. The van der Waals surface area contributed by atoms with Gasteiger partial charge in [0.15, 0.2) is 17.3 Å². The summed E-state index contributed by atoms with van der Waals surface area (Å²) in [5, 5.41) is 2.76. The van der Waals surface area contributed by atoms with E-state index in [1.807, 2.05) is 0 Å². The van der Waals surface area contributed by atoms with Gasteiger partial charge < -0.3 is 14.8 Å². The van der Waals surface area contributed by atoms with Crippen LogP contribution in [0.5, 0.6) is 11.5 Å². The Morgan fingerprint density at radius 3 is 2.53 bits per heavy atom. The van der Waals surface area contributed by atoms with E-state index in [0.717, 1.165) is 0 Å². The average Bonchev–Trinajstić information content (AvgIpc) is 2.37. The van der Waals surface area contributed by atoms with Gasteiger partial charge in [0.25, 0.3) is 0 Å². The number of benzene rings is 1. The van der Waals surface area contributed by atoms with E-state index in [1.165, 1.54) is 26.4 Å². The molecule has 0 spiro atoms. The van der Waals surface area contributed by atoms with Gasteiger partial charge in [-0.2, -0.15) is 0 Å². The molecule has 0 aliphatic carbocycles. The van der Waals surface area contributed by atoms with Gasteiger partial charge in [0.05, 0.1) is 26.3 Å². The van der Waals surface area contributed by atoms with Crippen LogP contribution in [-0.2, 0) is 0 Å². The highest BCUT2D eigenvalue weighted by atomic mass is 16.5. The van der Waals surface area contributed by atoms with Crippen LogP contribution in [0.1, 0.15) is 20.7 Å². The van der Waals surface area contributed by atoms with Gasteiger partial charge in [-0.05, 0) is 19.2 Å². The van der Waals surface area contributed by atoms with Gasteiger partial charge in [0, 0.05) is 5.56 Å². The Bertz CT molecular complexity index is 429. The number of nitrogens with one attached hydrogen (secondary N) is 1. The van der Waals surface area contributed by atoms with Crippen LogP contribution in [0.2, 0.25) is 0 Å². The summed E-state index contributed by atoms with van der Waals surface area (Å²) < 4.78 is 10.2. The maximum absolute atomic E-state index is 11.8. The van der Waals surface area contributed by atoms with E-state index in [2.05, 4.69) is 5.32 Å². The summed E-state index contributed by atoms with van der Waals surface area (Å²) in [6.45, 7) is 0.168. The van der Waals surface area contributed by atoms with Gasteiger partial charge in [-0.1, -0.05) is 0 Å². The molecule has 0 aliphatic rings. The van der Waals surface area contributed by atoms with E-state index >= 15 is 0 Å². The number of hydrogen-bond donors (Lipinski definition) is 1. The van der Waals surface area contributed by atoms with Crippen molar-refractivity contribution in [2.75, 3.05) is 27.8 Å². The van der Waals surface area contributed by atoms with Crippen LogP contribution in [0.25, 0.3) is 0 Å². The third-order valence-electron chi connectivity index (χ3n) is 2.28. The zero-order chi connectivity index (χ0) is 12.8. The lowest BCUT2D eigenvalue weighted by Gasteiger charge is -2.12. The highest BCUT2D eigenvalue weighted by molar-refractivity contribution is 6.02. The molecule has 1 aromatic rings. The molecule has 0 radical (unpaired) electrons. The maximum atomic E-state index is 11.8. The van der Waals surface area contributed by atoms with E-state index in [9.17, 15) is 9.59 Å². The first kappa shape index (κ1) is 13.2. The molecule has 0 unspecified atom stereocenters. The zero-order valence-electron chi connectivity index (χ0n) is 10.1. The zero-order valence-corrected chi connectivity index (χ0v) is 10.1. The Morgan fingerprint density at radius 2 is 2.06 bits per heavy atom. The summed E-state index contributed by atoms with van der Waals surface area (Å²) in [6, 6.07) is 3.02. The van der Waals surface area contributed by atoms with Crippen molar-refractivity contribution >= 4 is 12.1 Å². The molecule has 0 saturated carbocycles. The molecule has 0 saturated heterocycles. The van der Waals surface area contributed by atoms with Gasteiger partial charge >= 0.3 is 0 Å². The second kappa shape index (κ2) is 6.00. The lowest BCUT2D eigenvalue weighted by molar-refractivity contribution is 0.0990. The smallest absolute Gasteiger partial charge is 0.180 e. The molecule has 0 fully saturated rings. The first-order valence-electron chi connectivity index (χ1n) is 5.07. The minimum atomic E-state index is -0.161. The minimum Gasteiger partial charge on any atom is -0.493 e. The number of carbonyl (C=O) groups is 2. The Morgan fingerprint density at radius 1 is 1.35 bits per heavy atom. The van der Waals surface area contributed by atoms with Crippen molar-refractivity contribution in [1.82, 2.24) is 5.32 Å². The number of ether oxygens (including phenoxy) is 2. The van der Waals surface area contributed by atoms with Crippen LogP contribution in [0, 0.1) is 0 Å². The van der Waals surface area contributed by atoms with Crippen molar-refractivity contribution in [2.45, 2.75) is 0 Å². The average molecular weight is 237 g/mol. The Labute approximate surface area is 99.7 Å². The lowest BCUT2D eigenvalue weighted by atomic mass is 10.1. The molecule has 92 valence electrons. The van der Waals surface area contributed by atoms with Crippen molar-refractivity contribution in [3.05, 3.63) is 23.3 Å². The molecule has 0 aliphatic heterocycles. The van der Waals surface area contributed by atoms with Gasteiger partial charge in [-0.25, -0.2) is 0 Å². The second-order valence-electron chi connectivity index (χ2n) is 3.38. The summed E-state index contributed by atoms with van der Waals surface area (Å²) in [4.78, 5) is 22.6. The molecule has 5 nitrogen and oxygen atoms in total. The summed E-state index contributed by atoms with van der Waals surface area (Å²) >= 11 is 0. The van der Waals surface area contributed by atoms with Crippen LogP contribution in [0.15, 0.2) is 12.1 Å². The molecular weight excluding hydrogens is 222 g/mol. The normalized spacial score (nSPS) is 9.82. The summed E-state index contributed by atoms with van der Waals surface area (Å²) in [6.07, 6.45) is 0.665. The number of hydrogen-bond acceptors (Lipinski definition) is 5. The molecule has 5 heteroatoms.